The van der Waals surface area contributed by atoms with Crippen LogP contribution in [0, 0.1) is 0 Å². The van der Waals surface area contributed by atoms with E-state index in [4.69, 9.17) is 16.1 Å². The van der Waals surface area contributed by atoms with Crippen LogP contribution >= 0.6 is 11.6 Å². The summed E-state index contributed by atoms with van der Waals surface area (Å²) >= 11 is 5.84. The summed E-state index contributed by atoms with van der Waals surface area (Å²) in [5.74, 6) is 0.252. The molecule has 0 atom stereocenters. The molecule has 2 aromatic carbocycles. The van der Waals surface area contributed by atoms with Gasteiger partial charge in [0.2, 0.25) is 17.6 Å². The Labute approximate surface area is 169 Å². The summed E-state index contributed by atoms with van der Waals surface area (Å²) in [5, 5.41) is 4.40. The number of benzene rings is 2. The van der Waals surface area contributed by atoms with Crippen molar-refractivity contribution in [3.05, 3.63) is 70.6 Å². The highest BCUT2D eigenvalue weighted by molar-refractivity contribution is 6.30. The number of halogens is 4. The van der Waals surface area contributed by atoms with Crippen LogP contribution < -0.4 is 0 Å². The summed E-state index contributed by atoms with van der Waals surface area (Å²) in [6.45, 7) is 0.854. The number of rotatable bonds is 4. The highest BCUT2D eigenvalue weighted by atomic mass is 35.5. The van der Waals surface area contributed by atoms with Crippen molar-refractivity contribution >= 4 is 17.5 Å². The molecule has 1 aromatic heterocycles. The van der Waals surface area contributed by atoms with E-state index < -0.39 is 11.7 Å². The highest BCUT2D eigenvalue weighted by Gasteiger charge is 2.36. The first kappa shape index (κ1) is 19.4. The average Bonchev–Trinajstić information content (AvgIpc) is 3.11. The van der Waals surface area contributed by atoms with E-state index in [1.165, 1.54) is 12.1 Å². The Kier molecular flexibility index (Phi) is 5.04. The molecule has 4 rings (SSSR count). The first-order valence-electron chi connectivity index (χ1n) is 8.83. The zero-order chi connectivity index (χ0) is 20.6. The maximum Gasteiger partial charge on any atom is 0.416 e. The van der Waals surface area contributed by atoms with Crippen molar-refractivity contribution < 1.29 is 22.5 Å². The van der Waals surface area contributed by atoms with Gasteiger partial charge in [-0.05, 0) is 29.8 Å². The van der Waals surface area contributed by atoms with Gasteiger partial charge in [0, 0.05) is 23.7 Å². The molecule has 29 heavy (non-hydrogen) atoms. The number of hydrogen-bond acceptors (Lipinski definition) is 4. The standard InChI is InChI=1S/C20H15ClF3N3O2/c21-16-6-4-12(5-7-16)8-17(28)27-10-14(11-27)19-25-18(26-29-19)13-2-1-3-15(9-13)20(22,23)24/h1-7,9,14H,8,10-11H2. The predicted octanol–water partition coefficient (Wildman–Crippen LogP) is 4.58. The van der Waals surface area contributed by atoms with Crippen molar-refractivity contribution in [2.45, 2.75) is 18.5 Å². The Morgan fingerprint density at radius 1 is 1.17 bits per heavy atom. The first-order chi connectivity index (χ1) is 13.8. The van der Waals surface area contributed by atoms with Crippen molar-refractivity contribution in [3.8, 4) is 11.4 Å². The van der Waals surface area contributed by atoms with Crippen LogP contribution in [0.3, 0.4) is 0 Å². The second kappa shape index (κ2) is 7.51. The lowest BCUT2D eigenvalue weighted by Crippen LogP contribution is -2.49. The van der Waals surface area contributed by atoms with Crippen LogP contribution in [0.2, 0.25) is 5.02 Å². The Morgan fingerprint density at radius 2 is 1.90 bits per heavy atom. The van der Waals surface area contributed by atoms with E-state index in [-0.39, 0.29) is 29.6 Å². The first-order valence-corrected chi connectivity index (χ1v) is 9.21. The lowest BCUT2D eigenvalue weighted by molar-refractivity contribution is -0.137. The molecule has 0 saturated carbocycles. The third kappa shape index (κ3) is 4.27. The molecule has 1 fully saturated rings. The van der Waals surface area contributed by atoms with E-state index >= 15 is 0 Å². The number of likely N-dealkylation sites (tertiary alicyclic amines) is 1. The van der Waals surface area contributed by atoms with Crippen LogP contribution in [0.4, 0.5) is 13.2 Å². The van der Waals surface area contributed by atoms with Crippen molar-refractivity contribution in [2.75, 3.05) is 13.1 Å². The van der Waals surface area contributed by atoms with Crippen molar-refractivity contribution in [3.63, 3.8) is 0 Å². The van der Waals surface area contributed by atoms with E-state index in [1.54, 1.807) is 29.2 Å². The van der Waals surface area contributed by atoms with Crippen molar-refractivity contribution in [2.24, 2.45) is 0 Å². The van der Waals surface area contributed by atoms with Gasteiger partial charge in [0.25, 0.3) is 0 Å². The lowest BCUT2D eigenvalue weighted by atomic mass is 9.98. The van der Waals surface area contributed by atoms with Gasteiger partial charge in [0.1, 0.15) is 0 Å². The Balaban J connectivity index is 1.38. The lowest BCUT2D eigenvalue weighted by Gasteiger charge is -2.37. The van der Waals surface area contributed by atoms with Crippen LogP contribution in [-0.4, -0.2) is 34.0 Å². The molecule has 1 saturated heterocycles. The minimum Gasteiger partial charge on any atom is -0.341 e. The summed E-state index contributed by atoms with van der Waals surface area (Å²) in [5.41, 5.74) is 0.321. The summed E-state index contributed by atoms with van der Waals surface area (Å²) in [6, 6.07) is 11.8. The SMILES string of the molecule is O=C(Cc1ccc(Cl)cc1)N1CC(c2nc(-c3cccc(C(F)(F)F)c3)no2)C1. The molecule has 1 amide bonds. The van der Waals surface area contributed by atoms with Crippen LogP contribution in [0.5, 0.6) is 0 Å². The van der Waals surface area contributed by atoms with E-state index in [0.717, 1.165) is 17.7 Å². The Morgan fingerprint density at radius 3 is 2.59 bits per heavy atom. The van der Waals surface area contributed by atoms with Gasteiger partial charge in [-0.15, -0.1) is 0 Å². The number of aromatic nitrogens is 2. The summed E-state index contributed by atoms with van der Waals surface area (Å²) in [4.78, 5) is 18.2. The zero-order valence-corrected chi connectivity index (χ0v) is 15.7. The fourth-order valence-corrected chi connectivity index (χ4v) is 3.21. The molecule has 150 valence electrons. The topological polar surface area (TPSA) is 59.2 Å². The second-order valence-corrected chi connectivity index (χ2v) is 7.27. The number of carbonyl (C=O) groups excluding carboxylic acids is 1. The van der Waals surface area contributed by atoms with Gasteiger partial charge >= 0.3 is 6.18 Å². The van der Waals surface area contributed by atoms with E-state index in [2.05, 4.69) is 10.1 Å². The van der Waals surface area contributed by atoms with E-state index in [0.29, 0.717) is 24.0 Å². The van der Waals surface area contributed by atoms with Gasteiger partial charge in [-0.2, -0.15) is 18.2 Å². The van der Waals surface area contributed by atoms with Gasteiger partial charge in [0.05, 0.1) is 17.9 Å². The molecule has 3 aromatic rings. The molecular weight excluding hydrogens is 407 g/mol. The average molecular weight is 422 g/mol. The molecule has 5 nitrogen and oxygen atoms in total. The maximum absolute atomic E-state index is 12.9. The molecule has 0 unspecified atom stereocenters. The maximum atomic E-state index is 12.9. The normalized spacial score (nSPS) is 14.7. The van der Waals surface area contributed by atoms with Crippen LogP contribution in [-0.2, 0) is 17.4 Å². The molecule has 9 heteroatoms. The number of alkyl halides is 3. The third-order valence-corrected chi connectivity index (χ3v) is 4.99. The zero-order valence-electron chi connectivity index (χ0n) is 15.0. The Hall–Kier alpha value is -2.87. The number of hydrogen-bond donors (Lipinski definition) is 0. The number of carbonyl (C=O) groups is 1. The molecule has 0 bridgehead atoms. The van der Waals surface area contributed by atoms with E-state index in [9.17, 15) is 18.0 Å². The van der Waals surface area contributed by atoms with Crippen LogP contribution in [0.1, 0.15) is 22.9 Å². The van der Waals surface area contributed by atoms with E-state index in [1.807, 2.05) is 0 Å². The molecule has 0 aliphatic carbocycles. The van der Waals surface area contributed by atoms with Crippen molar-refractivity contribution in [1.29, 1.82) is 0 Å². The summed E-state index contributed by atoms with van der Waals surface area (Å²) in [6.07, 6.45) is -4.18. The monoisotopic (exact) mass is 421 g/mol. The predicted molar refractivity (Wildman–Crippen MR) is 99.2 cm³/mol. The minimum atomic E-state index is -4.44. The van der Waals surface area contributed by atoms with Gasteiger partial charge in [0.15, 0.2) is 0 Å². The van der Waals surface area contributed by atoms with Crippen LogP contribution in [0.15, 0.2) is 53.1 Å². The smallest absolute Gasteiger partial charge is 0.341 e. The molecular formula is C20H15ClF3N3O2. The minimum absolute atomic E-state index is 0.0267. The number of nitrogens with zero attached hydrogens (tertiary/aromatic N) is 3. The largest absolute Gasteiger partial charge is 0.416 e. The molecule has 2 heterocycles. The molecule has 0 N–H and O–H groups in total. The van der Waals surface area contributed by atoms with Gasteiger partial charge in [-0.25, -0.2) is 0 Å². The van der Waals surface area contributed by atoms with Gasteiger partial charge < -0.3 is 9.42 Å². The third-order valence-electron chi connectivity index (χ3n) is 4.74. The molecule has 0 radical (unpaired) electrons. The molecule has 1 aliphatic rings. The highest BCUT2D eigenvalue weighted by Crippen LogP contribution is 2.32. The quantitative estimate of drug-likeness (QED) is 0.619. The second-order valence-electron chi connectivity index (χ2n) is 6.83. The fourth-order valence-electron chi connectivity index (χ4n) is 3.08. The van der Waals surface area contributed by atoms with Gasteiger partial charge in [-0.3, -0.25) is 4.79 Å². The van der Waals surface area contributed by atoms with Crippen molar-refractivity contribution in [1.82, 2.24) is 15.0 Å². The fraction of sp³-hybridized carbons (Fsp3) is 0.250. The van der Waals surface area contributed by atoms with Crippen LogP contribution in [0.25, 0.3) is 11.4 Å². The summed E-state index contributed by atoms with van der Waals surface area (Å²) < 4.78 is 43.8. The molecule has 0 spiro atoms. The molecule has 1 aliphatic heterocycles. The van der Waals surface area contributed by atoms with Gasteiger partial charge in [-0.1, -0.05) is 41.0 Å². The Bertz CT molecular complexity index is 1030. The number of amides is 1. The summed E-state index contributed by atoms with van der Waals surface area (Å²) in [7, 11) is 0.